The summed E-state index contributed by atoms with van der Waals surface area (Å²) in [5.41, 5.74) is 3.21. The van der Waals surface area contributed by atoms with Crippen molar-refractivity contribution >= 4 is 5.97 Å². The molecule has 0 unspecified atom stereocenters. The third-order valence-electron chi connectivity index (χ3n) is 5.35. The molecule has 0 saturated carbocycles. The van der Waals surface area contributed by atoms with Gasteiger partial charge in [0.25, 0.3) is 0 Å². The van der Waals surface area contributed by atoms with Crippen molar-refractivity contribution in [3.8, 4) is 5.75 Å². The highest BCUT2D eigenvalue weighted by molar-refractivity contribution is 5.65. The second kappa shape index (κ2) is 15.0. The Bertz CT molecular complexity index is 858. The Labute approximate surface area is 198 Å². The van der Waals surface area contributed by atoms with Gasteiger partial charge in [-0.25, -0.2) is 0 Å². The van der Waals surface area contributed by atoms with Gasteiger partial charge in [-0.3, -0.25) is 4.79 Å². The van der Waals surface area contributed by atoms with Gasteiger partial charge < -0.3 is 18.9 Å². The van der Waals surface area contributed by atoms with Gasteiger partial charge >= 0.3 is 5.97 Å². The van der Waals surface area contributed by atoms with Crippen LogP contribution >= 0.6 is 0 Å². The van der Waals surface area contributed by atoms with Crippen molar-refractivity contribution in [1.29, 1.82) is 0 Å². The van der Waals surface area contributed by atoms with Gasteiger partial charge in [-0.15, -0.1) is 0 Å². The van der Waals surface area contributed by atoms with E-state index in [4.69, 9.17) is 18.9 Å². The fraction of sp³-hybridized carbons (Fsp3) is 0.393. The van der Waals surface area contributed by atoms with E-state index in [1.54, 1.807) is 7.11 Å². The molecule has 0 saturated heterocycles. The molecule has 0 aliphatic heterocycles. The Morgan fingerprint density at radius 1 is 0.970 bits per heavy atom. The molecular weight excluding hydrogens is 416 g/mol. The van der Waals surface area contributed by atoms with Gasteiger partial charge in [0.15, 0.2) is 0 Å². The predicted molar refractivity (Wildman–Crippen MR) is 131 cm³/mol. The number of carbonyl (C=O) groups excluding carboxylic acids is 1. The zero-order chi connectivity index (χ0) is 23.9. The fourth-order valence-corrected chi connectivity index (χ4v) is 3.45. The quantitative estimate of drug-likeness (QED) is 0.196. The second-order valence-electron chi connectivity index (χ2n) is 8.04. The molecule has 2 atom stereocenters. The summed E-state index contributed by atoms with van der Waals surface area (Å²) in [5, 5.41) is 0. The lowest BCUT2D eigenvalue weighted by molar-refractivity contribution is -0.142. The van der Waals surface area contributed by atoms with Gasteiger partial charge in [0.05, 0.1) is 33.5 Å². The van der Waals surface area contributed by atoms with Crippen LogP contribution in [-0.4, -0.2) is 32.9 Å². The van der Waals surface area contributed by atoms with Crippen molar-refractivity contribution in [2.75, 3.05) is 26.9 Å². The first-order chi connectivity index (χ1) is 16.0. The van der Waals surface area contributed by atoms with Crippen molar-refractivity contribution in [3.63, 3.8) is 0 Å². The lowest BCUT2D eigenvalue weighted by Crippen LogP contribution is -2.22. The zero-order valence-corrected chi connectivity index (χ0v) is 20.0. The highest BCUT2D eigenvalue weighted by Gasteiger charge is 2.21. The van der Waals surface area contributed by atoms with Gasteiger partial charge in [-0.05, 0) is 42.5 Å². The normalized spacial score (nSPS) is 12.9. The number of ether oxygens (including phenoxy) is 4. The standard InChI is InChI=1S/C28H36O5/c1-22(2)28(21-33-23(3)29)26(16-18-32-19-24-9-6-5-7-10-24)11-8-17-31-20-25-12-14-27(30-4)15-13-25/h5-15,26,28H,1,16-21H2,2-4H3/b11-8+/t26-,28+/m0/s1. The number of allylic oxidation sites excluding steroid dienone is 1. The molecule has 0 heterocycles. The minimum atomic E-state index is -0.285. The molecule has 2 rings (SSSR count). The molecule has 0 spiro atoms. The van der Waals surface area contributed by atoms with Crippen LogP contribution in [0.4, 0.5) is 0 Å². The topological polar surface area (TPSA) is 54.0 Å². The van der Waals surface area contributed by atoms with Crippen LogP contribution in [-0.2, 0) is 32.2 Å². The maximum Gasteiger partial charge on any atom is 0.302 e. The van der Waals surface area contributed by atoms with Gasteiger partial charge in [0.1, 0.15) is 5.75 Å². The minimum absolute atomic E-state index is 0.0204. The first-order valence-electron chi connectivity index (χ1n) is 11.3. The van der Waals surface area contributed by atoms with Crippen molar-refractivity contribution < 1.29 is 23.7 Å². The van der Waals surface area contributed by atoms with E-state index in [0.717, 1.165) is 28.9 Å². The molecule has 0 N–H and O–H groups in total. The number of esters is 1. The lowest BCUT2D eigenvalue weighted by Gasteiger charge is -2.25. The molecule has 0 aliphatic carbocycles. The van der Waals surface area contributed by atoms with Gasteiger partial charge in [0, 0.05) is 19.4 Å². The number of benzene rings is 2. The maximum absolute atomic E-state index is 11.4. The minimum Gasteiger partial charge on any atom is -0.497 e. The summed E-state index contributed by atoms with van der Waals surface area (Å²) in [6, 6.07) is 17.9. The van der Waals surface area contributed by atoms with Crippen LogP contribution < -0.4 is 4.74 Å². The first-order valence-corrected chi connectivity index (χ1v) is 11.3. The summed E-state index contributed by atoms with van der Waals surface area (Å²) in [6.45, 7) is 10.0. The molecule has 0 amide bonds. The Hall–Kier alpha value is -2.89. The first kappa shape index (κ1) is 26.4. The second-order valence-corrected chi connectivity index (χ2v) is 8.04. The number of rotatable bonds is 15. The Balaban J connectivity index is 1.89. The number of carbonyl (C=O) groups is 1. The summed E-state index contributed by atoms with van der Waals surface area (Å²) in [7, 11) is 1.65. The summed E-state index contributed by atoms with van der Waals surface area (Å²) >= 11 is 0. The highest BCUT2D eigenvalue weighted by atomic mass is 16.5. The molecular formula is C28H36O5. The van der Waals surface area contributed by atoms with E-state index in [9.17, 15) is 4.79 Å². The average molecular weight is 453 g/mol. The van der Waals surface area contributed by atoms with E-state index in [-0.39, 0.29) is 17.8 Å². The van der Waals surface area contributed by atoms with Crippen LogP contribution in [0.15, 0.2) is 78.9 Å². The molecule has 2 aromatic carbocycles. The SMILES string of the molecule is C=C(C)[C@@H](COC(C)=O)[C@@H](/C=C/COCc1ccc(OC)cc1)CCOCc1ccccc1. The summed E-state index contributed by atoms with van der Waals surface area (Å²) < 4.78 is 22.2. The predicted octanol–water partition coefficient (Wildman–Crippen LogP) is 5.75. The molecule has 5 nitrogen and oxygen atoms in total. The van der Waals surface area contributed by atoms with E-state index in [2.05, 4.69) is 24.8 Å². The summed E-state index contributed by atoms with van der Waals surface area (Å²) in [5.74, 6) is 0.691. The average Bonchev–Trinajstić information content (AvgIpc) is 2.81. The Morgan fingerprint density at radius 3 is 2.27 bits per heavy atom. The van der Waals surface area contributed by atoms with Crippen LogP contribution in [0.1, 0.15) is 31.4 Å². The Morgan fingerprint density at radius 2 is 1.64 bits per heavy atom. The van der Waals surface area contributed by atoms with Crippen LogP contribution in [0.5, 0.6) is 5.75 Å². The van der Waals surface area contributed by atoms with E-state index in [1.165, 1.54) is 6.92 Å². The van der Waals surface area contributed by atoms with Crippen LogP contribution in [0, 0.1) is 11.8 Å². The van der Waals surface area contributed by atoms with Crippen LogP contribution in [0.3, 0.4) is 0 Å². The molecule has 2 aromatic rings. The molecule has 0 bridgehead atoms. The van der Waals surface area contributed by atoms with E-state index >= 15 is 0 Å². The van der Waals surface area contributed by atoms with Gasteiger partial charge in [0.2, 0.25) is 0 Å². The summed E-state index contributed by atoms with van der Waals surface area (Å²) in [4.78, 5) is 11.4. The smallest absolute Gasteiger partial charge is 0.302 e. The number of hydrogen-bond donors (Lipinski definition) is 0. The molecule has 0 aliphatic rings. The molecule has 178 valence electrons. The summed E-state index contributed by atoms with van der Waals surface area (Å²) in [6.07, 6.45) is 4.94. The van der Waals surface area contributed by atoms with Crippen LogP contribution in [0.2, 0.25) is 0 Å². The van der Waals surface area contributed by atoms with Crippen molar-refractivity contribution in [3.05, 3.63) is 90.0 Å². The number of hydrogen-bond acceptors (Lipinski definition) is 5. The third-order valence-corrected chi connectivity index (χ3v) is 5.35. The fourth-order valence-electron chi connectivity index (χ4n) is 3.45. The van der Waals surface area contributed by atoms with Gasteiger partial charge in [-0.2, -0.15) is 0 Å². The Kier molecular flexibility index (Phi) is 12.0. The van der Waals surface area contributed by atoms with Crippen LogP contribution in [0.25, 0.3) is 0 Å². The van der Waals surface area contributed by atoms with Gasteiger partial charge in [-0.1, -0.05) is 66.8 Å². The zero-order valence-electron chi connectivity index (χ0n) is 20.0. The maximum atomic E-state index is 11.4. The number of methoxy groups -OCH3 is 1. The largest absolute Gasteiger partial charge is 0.497 e. The molecule has 0 radical (unpaired) electrons. The molecule has 0 aromatic heterocycles. The van der Waals surface area contributed by atoms with Crippen molar-refractivity contribution in [1.82, 2.24) is 0 Å². The van der Waals surface area contributed by atoms with Crippen molar-refractivity contribution in [2.24, 2.45) is 11.8 Å². The molecule has 0 fully saturated rings. The lowest BCUT2D eigenvalue weighted by atomic mass is 9.85. The molecule has 5 heteroatoms. The van der Waals surface area contributed by atoms with E-state index < -0.39 is 0 Å². The van der Waals surface area contributed by atoms with E-state index in [0.29, 0.717) is 33.0 Å². The molecule has 33 heavy (non-hydrogen) atoms. The van der Waals surface area contributed by atoms with Crippen molar-refractivity contribution in [2.45, 2.75) is 33.5 Å². The monoisotopic (exact) mass is 452 g/mol. The van der Waals surface area contributed by atoms with E-state index in [1.807, 2.05) is 55.5 Å². The third kappa shape index (κ3) is 10.5. The highest BCUT2D eigenvalue weighted by Crippen LogP contribution is 2.25.